The molecule has 0 spiro atoms. The number of aromatic nitrogens is 3. The Bertz CT molecular complexity index is 1030. The summed E-state index contributed by atoms with van der Waals surface area (Å²) in [5.41, 5.74) is 4.65. The first-order chi connectivity index (χ1) is 11.8. The maximum atomic E-state index is 8.95. The molecule has 0 radical (unpaired) electrons. The van der Waals surface area contributed by atoms with Gasteiger partial charge in [-0.05, 0) is 35.9 Å². The van der Waals surface area contributed by atoms with Crippen LogP contribution in [0.1, 0.15) is 11.1 Å². The molecule has 0 saturated heterocycles. The number of aromatic amines is 1. The van der Waals surface area contributed by atoms with Gasteiger partial charge in [-0.25, -0.2) is 9.97 Å². The number of H-pyrrole nitrogens is 1. The van der Waals surface area contributed by atoms with E-state index in [1.807, 2.05) is 35.7 Å². The Kier molecular flexibility index (Phi) is 3.69. The van der Waals surface area contributed by atoms with Crippen molar-refractivity contribution in [2.75, 3.05) is 5.32 Å². The highest BCUT2D eigenvalue weighted by molar-refractivity contribution is 7.13. The van der Waals surface area contributed by atoms with Crippen LogP contribution >= 0.6 is 11.3 Å². The van der Waals surface area contributed by atoms with Crippen molar-refractivity contribution < 1.29 is 0 Å². The van der Waals surface area contributed by atoms with E-state index in [1.165, 1.54) is 0 Å². The summed E-state index contributed by atoms with van der Waals surface area (Å²) in [5, 5.41) is 15.2. The summed E-state index contributed by atoms with van der Waals surface area (Å²) in [4.78, 5) is 12.2. The summed E-state index contributed by atoms with van der Waals surface area (Å²) >= 11 is 1.61. The van der Waals surface area contributed by atoms with Gasteiger partial charge < -0.3 is 10.3 Å². The summed E-state index contributed by atoms with van der Waals surface area (Å²) in [5.74, 6) is 0.712. The molecule has 0 atom stereocenters. The van der Waals surface area contributed by atoms with Gasteiger partial charge in [0.1, 0.15) is 5.01 Å². The van der Waals surface area contributed by atoms with Crippen LogP contribution in [0.5, 0.6) is 0 Å². The zero-order chi connectivity index (χ0) is 16.4. The average molecular weight is 331 g/mol. The molecule has 0 aliphatic carbocycles. The van der Waals surface area contributed by atoms with Gasteiger partial charge in [0.2, 0.25) is 5.95 Å². The van der Waals surface area contributed by atoms with Crippen LogP contribution in [0, 0.1) is 11.3 Å². The number of anilines is 1. The first kappa shape index (κ1) is 14.4. The molecule has 24 heavy (non-hydrogen) atoms. The minimum absolute atomic E-state index is 0.606. The fourth-order valence-electron chi connectivity index (χ4n) is 2.53. The third-order valence-corrected chi connectivity index (χ3v) is 4.50. The largest absolute Gasteiger partial charge is 0.352 e. The summed E-state index contributed by atoms with van der Waals surface area (Å²) < 4.78 is 0. The first-order valence-electron chi connectivity index (χ1n) is 7.44. The van der Waals surface area contributed by atoms with E-state index in [0.717, 1.165) is 27.2 Å². The van der Waals surface area contributed by atoms with Crippen LogP contribution in [0.2, 0.25) is 0 Å². The van der Waals surface area contributed by atoms with E-state index in [1.54, 1.807) is 23.6 Å². The molecule has 2 aromatic carbocycles. The van der Waals surface area contributed by atoms with Gasteiger partial charge in [-0.2, -0.15) is 5.26 Å². The number of hydrogen-bond donors (Lipinski definition) is 2. The molecule has 0 amide bonds. The second-order valence-electron chi connectivity index (χ2n) is 5.32. The third-order valence-electron chi connectivity index (χ3n) is 3.68. The Labute approximate surface area is 142 Å². The molecule has 0 fully saturated rings. The number of thiazole rings is 1. The maximum Gasteiger partial charge on any atom is 0.201 e. The molecule has 0 unspecified atom stereocenters. The number of nitrogens with one attached hydrogen (secondary N) is 2. The molecular weight excluding hydrogens is 318 g/mol. The third kappa shape index (κ3) is 2.85. The maximum absolute atomic E-state index is 8.95. The molecule has 4 rings (SSSR count). The van der Waals surface area contributed by atoms with Crippen molar-refractivity contribution in [2.24, 2.45) is 0 Å². The van der Waals surface area contributed by atoms with Crippen molar-refractivity contribution >= 4 is 28.3 Å². The average Bonchev–Trinajstić information content (AvgIpc) is 3.28. The summed E-state index contributed by atoms with van der Waals surface area (Å²) in [6.45, 7) is 0.606. The molecule has 4 aromatic rings. The number of nitriles is 1. The molecule has 2 N–H and O–H groups in total. The number of nitrogens with zero attached hydrogens (tertiary/aromatic N) is 3. The van der Waals surface area contributed by atoms with Crippen LogP contribution < -0.4 is 5.32 Å². The molecule has 2 heterocycles. The summed E-state index contributed by atoms with van der Waals surface area (Å²) in [6.07, 6.45) is 1.81. The quantitative estimate of drug-likeness (QED) is 0.588. The molecule has 2 aromatic heterocycles. The fraction of sp³-hybridized carbons (Fsp3) is 0.0556. The Morgan fingerprint density at radius 2 is 2.17 bits per heavy atom. The van der Waals surface area contributed by atoms with E-state index in [4.69, 9.17) is 5.26 Å². The molecular formula is C18H13N5S. The Balaban J connectivity index is 1.55. The minimum Gasteiger partial charge on any atom is -0.352 e. The molecule has 0 aliphatic heterocycles. The predicted octanol–water partition coefficient (Wildman–Crippen LogP) is 4.17. The van der Waals surface area contributed by atoms with Crippen LogP contribution in [0.15, 0.2) is 54.0 Å². The van der Waals surface area contributed by atoms with Crippen molar-refractivity contribution in [1.82, 2.24) is 15.0 Å². The van der Waals surface area contributed by atoms with Gasteiger partial charge in [0, 0.05) is 23.7 Å². The standard InChI is InChI=1S/C18H13N5S/c19-10-12-2-1-3-13(8-12)11-21-18-22-15-5-4-14(9-16(15)23-18)17-20-6-7-24-17/h1-9H,11H2,(H2,21,22,23). The summed E-state index contributed by atoms with van der Waals surface area (Å²) in [7, 11) is 0. The van der Waals surface area contributed by atoms with E-state index >= 15 is 0 Å². The van der Waals surface area contributed by atoms with Gasteiger partial charge in [0.05, 0.1) is 22.7 Å². The molecule has 6 heteroatoms. The van der Waals surface area contributed by atoms with Crippen molar-refractivity contribution in [3.8, 4) is 16.6 Å². The fourth-order valence-corrected chi connectivity index (χ4v) is 3.16. The monoisotopic (exact) mass is 331 g/mol. The van der Waals surface area contributed by atoms with Crippen LogP contribution in [0.4, 0.5) is 5.95 Å². The van der Waals surface area contributed by atoms with E-state index in [2.05, 4.69) is 32.4 Å². The molecule has 0 saturated carbocycles. The molecule has 0 bridgehead atoms. The molecule has 0 aliphatic rings. The number of hydrogen-bond acceptors (Lipinski definition) is 5. The van der Waals surface area contributed by atoms with Crippen LogP contribution in [-0.4, -0.2) is 15.0 Å². The van der Waals surface area contributed by atoms with Crippen molar-refractivity contribution in [1.29, 1.82) is 5.26 Å². The Morgan fingerprint density at radius 3 is 3.00 bits per heavy atom. The number of rotatable bonds is 4. The van der Waals surface area contributed by atoms with E-state index < -0.39 is 0 Å². The topological polar surface area (TPSA) is 77.4 Å². The van der Waals surface area contributed by atoms with Gasteiger partial charge in [-0.3, -0.25) is 0 Å². The smallest absolute Gasteiger partial charge is 0.201 e. The molecule has 5 nitrogen and oxygen atoms in total. The first-order valence-corrected chi connectivity index (χ1v) is 8.32. The van der Waals surface area contributed by atoms with Crippen LogP contribution in [-0.2, 0) is 6.54 Å². The van der Waals surface area contributed by atoms with Crippen LogP contribution in [0.3, 0.4) is 0 Å². The second-order valence-corrected chi connectivity index (χ2v) is 6.21. The lowest BCUT2D eigenvalue weighted by atomic mass is 10.1. The SMILES string of the molecule is N#Cc1cccc(CNc2nc3ccc(-c4nccs4)cc3[nH]2)c1. The van der Waals surface area contributed by atoms with Crippen molar-refractivity contribution in [3.05, 3.63) is 65.2 Å². The molecule has 116 valence electrons. The highest BCUT2D eigenvalue weighted by atomic mass is 32.1. The normalized spacial score (nSPS) is 10.6. The van der Waals surface area contributed by atoms with E-state index in [9.17, 15) is 0 Å². The zero-order valence-electron chi connectivity index (χ0n) is 12.7. The van der Waals surface area contributed by atoms with Gasteiger partial charge >= 0.3 is 0 Å². The lowest BCUT2D eigenvalue weighted by Gasteiger charge is -2.03. The predicted molar refractivity (Wildman–Crippen MR) is 95.7 cm³/mol. The Morgan fingerprint density at radius 1 is 1.21 bits per heavy atom. The van der Waals surface area contributed by atoms with Gasteiger partial charge in [0.25, 0.3) is 0 Å². The summed E-state index contributed by atoms with van der Waals surface area (Å²) in [6, 6.07) is 15.8. The van der Waals surface area contributed by atoms with Gasteiger partial charge in [0.15, 0.2) is 0 Å². The van der Waals surface area contributed by atoms with E-state index in [0.29, 0.717) is 18.1 Å². The van der Waals surface area contributed by atoms with Crippen LogP contribution in [0.25, 0.3) is 21.6 Å². The second kappa shape index (κ2) is 6.14. The number of benzene rings is 2. The van der Waals surface area contributed by atoms with Crippen molar-refractivity contribution in [2.45, 2.75) is 6.54 Å². The Hall–Kier alpha value is -3.17. The van der Waals surface area contributed by atoms with Gasteiger partial charge in [-0.1, -0.05) is 12.1 Å². The lowest BCUT2D eigenvalue weighted by Crippen LogP contribution is -2.00. The lowest BCUT2D eigenvalue weighted by molar-refractivity contribution is 1.10. The highest BCUT2D eigenvalue weighted by Crippen LogP contribution is 2.25. The van der Waals surface area contributed by atoms with Gasteiger partial charge in [-0.15, -0.1) is 11.3 Å². The number of imidazole rings is 1. The van der Waals surface area contributed by atoms with Crippen molar-refractivity contribution in [3.63, 3.8) is 0 Å². The van der Waals surface area contributed by atoms with E-state index in [-0.39, 0.29) is 0 Å². The zero-order valence-corrected chi connectivity index (χ0v) is 13.5. The number of fused-ring (bicyclic) bond motifs is 1. The highest BCUT2D eigenvalue weighted by Gasteiger charge is 2.06. The minimum atomic E-state index is 0.606.